The minimum Gasteiger partial charge on any atom is -0.335 e. The number of piperidine rings is 3. The molecule has 5 nitrogen and oxygen atoms in total. The van der Waals surface area contributed by atoms with E-state index in [-0.39, 0.29) is 0 Å². The smallest absolute Gasteiger partial charge is 0.0776 e. The van der Waals surface area contributed by atoms with Crippen molar-refractivity contribution >= 4 is 22.6 Å². The van der Waals surface area contributed by atoms with Crippen LogP contribution in [0.2, 0.25) is 0 Å². The first-order valence-corrected chi connectivity index (χ1v) is 7.62. The number of fused-ring (bicyclic) bond motifs is 3. The maximum atomic E-state index is 8.49. The van der Waals surface area contributed by atoms with Crippen molar-refractivity contribution in [3.63, 3.8) is 0 Å². The molecule has 0 atom stereocenters. The number of hydrogen-bond donors (Lipinski definition) is 1. The highest BCUT2D eigenvalue weighted by Crippen LogP contribution is 2.35. The lowest BCUT2D eigenvalue weighted by molar-refractivity contribution is -2.00. The van der Waals surface area contributed by atoms with Gasteiger partial charge in [0.25, 0.3) is 0 Å². The summed E-state index contributed by atoms with van der Waals surface area (Å²) in [6.45, 7) is 4.38. The molecule has 3 aliphatic heterocycles. The summed E-state index contributed by atoms with van der Waals surface area (Å²) >= 11 is 2.57. The SMILES string of the molecule is ICC12CC[NH+](CC1)CC2.[O-][Cl+3]([O-])([O-])[O-]. The highest BCUT2D eigenvalue weighted by atomic mass is 127. The van der Waals surface area contributed by atoms with Crippen LogP contribution in [0.3, 0.4) is 0 Å². The van der Waals surface area contributed by atoms with Gasteiger partial charge in [-0.15, -0.1) is 10.2 Å². The normalized spacial score (nSPS) is 34.6. The molecular weight excluding hydrogens is 336 g/mol. The van der Waals surface area contributed by atoms with E-state index < -0.39 is 10.2 Å². The van der Waals surface area contributed by atoms with E-state index >= 15 is 0 Å². The summed E-state index contributed by atoms with van der Waals surface area (Å²) in [5, 5.41) is 0. The molecule has 3 saturated heterocycles. The summed E-state index contributed by atoms with van der Waals surface area (Å²) in [7, 11) is -4.94. The fourth-order valence-electron chi connectivity index (χ4n) is 2.28. The molecule has 2 bridgehead atoms. The first-order chi connectivity index (χ1) is 6.85. The van der Waals surface area contributed by atoms with Gasteiger partial charge in [0.1, 0.15) is 0 Å². The summed E-state index contributed by atoms with van der Waals surface area (Å²) in [5.74, 6) is 0. The van der Waals surface area contributed by atoms with Crippen LogP contribution in [-0.4, -0.2) is 24.1 Å². The van der Waals surface area contributed by atoms with Crippen molar-refractivity contribution < 1.29 is 33.8 Å². The predicted octanol–water partition coefficient (Wildman–Crippen LogP) is -4.27. The van der Waals surface area contributed by atoms with Gasteiger partial charge in [-0.3, -0.25) is 0 Å². The van der Waals surface area contributed by atoms with Gasteiger partial charge >= 0.3 is 0 Å². The minimum absolute atomic E-state index is 0.794. The van der Waals surface area contributed by atoms with Crippen LogP contribution in [0, 0.1) is 15.7 Å². The Kier molecular flexibility index (Phi) is 5.03. The molecule has 3 rings (SSSR count). The first kappa shape index (κ1) is 13.9. The lowest BCUT2D eigenvalue weighted by Crippen LogP contribution is -3.15. The van der Waals surface area contributed by atoms with Crippen LogP contribution in [0.4, 0.5) is 0 Å². The lowest BCUT2D eigenvalue weighted by atomic mass is 9.74. The van der Waals surface area contributed by atoms with Gasteiger partial charge in [0.15, 0.2) is 0 Å². The van der Waals surface area contributed by atoms with Crippen LogP contribution in [0.15, 0.2) is 0 Å². The summed E-state index contributed by atoms with van der Waals surface area (Å²) in [6, 6.07) is 0. The van der Waals surface area contributed by atoms with E-state index in [4.69, 9.17) is 18.6 Å². The predicted molar refractivity (Wildman–Crippen MR) is 50.7 cm³/mol. The molecule has 0 aromatic carbocycles. The molecule has 3 aliphatic rings. The molecule has 15 heavy (non-hydrogen) atoms. The quantitative estimate of drug-likeness (QED) is 0.382. The number of nitrogens with one attached hydrogen (secondary N) is 1. The second-order valence-electron chi connectivity index (χ2n) is 4.26. The molecule has 0 saturated carbocycles. The third-order valence-corrected chi connectivity index (χ3v) is 4.93. The number of alkyl halides is 1. The van der Waals surface area contributed by atoms with Gasteiger partial charge in [0, 0.05) is 23.7 Å². The molecule has 0 aromatic heterocycles. The van der Waals surface area contributed by atoms with Crippen LogP contribution in [0.25, 0.3) is 0 Å². The van der Waals surface area contributed by atoms with Gasteiger partial charge in [-0.2, -0.15) is 0 Å². The molecule has 0 aromatic rings. The van der Waals surface area contributed by atoms with Gasteiger partial charge in [0.05, 0.1) is 19.6 Å². The molecule has 7 heteroatoms. The fraction of sp³-hybridized carbons (Fsp3) is 1.00. The van der Waals surface area contributed by atoms with Crippen molar-refractivity contribution in [2.75, 3.05) is 24.1 Å². The summed E-state index contributed by atoms with van der Waals surface area (Å²) in [4.78, 5) is 1.87. The van der Waals surface area contributed by atoms with E-state index in [9.17, 15) is 0 Å². The Morgan fingerprint density at radius 1 is 1.00 bits per heavy atom. The zero-order chi connectivity index (χ0) is 11.5. The average Bonchev–Trinajstić information content (AvgIpc) is 2.18. The molecule has 0 amide bonds. The van der Waals surface area contributed by atoms with Gasteiger partial charge in [0.2, 0.25) is 0 Å². The third kappa shape index (κ3) is 5.12. The molecule has 0 unspecified atom stereocenters. The average molecular weight is 352 g/mol. The lowest BCUT2D eigenvalue weighted by Gasteiger charge is -2.44. The third-order valence-electron chi connectivity index (χ3n) is 3.31. The molecule has 90 valence electrons. The van der Waals surface area contributed by atoms with Crippen molar-refractivity contribution in [2.24, 2.45) is 5.41 Å². The Balaban J connectivity index is 0.000000195. The van der Waals surface area contributed by atoms with Gasteiger partial charge in [-0.1, -0.05) is 22.6 Å². The van der Waals surface area contributed by atoms with Crippen LogP contribution >= 0.6 is 22.6 Å². The van der Waals surface area contributed by atoms with E-state index in [1.54, 1.807) is 0 Å². The van der Waals surface area contributed by atoms with Crippen LogP contribution in [0.5, 0.6) is 0 Å². The Bertz CT molecular complexity index is 184. The van der Waals surface area contributed by atoms with Crippen LogP contribution < -0.4 is 23.5 Å². The zero-order valence-electron chi connectivity index (χ0n) is 8.34. The van der Waals surface area contributed by atoms with Crippen molar-refractivity contribution in [1.82, 2.24) is 0 Å². The monoisotopic (exact) mass is 351 g/mol. The molecule has 0 aliphatic carbocycles. The standard InChI is InChI=1S/C8H14IN.ClHO4/c9-7-8-1-4-10(5-2-8)6-3-8;2-1(3,4)5/h1-7H2;(H,2,3,4,5). The molecular formula is C8H15ClINO4. The molecule has 3 fully saturated rings. The second-order valence-corrected chi connectivity index (χ2v) is 5.78. The topological polar surface area (TPSA) is 96.7 Å². The Labute approximate surface area is 105 Å². The molecule has 3 heterocycles. The van der Waals surface area contributed by atoms with Crippen molar-refractivity contribution in [1.29, 1.82) is 0 Å². The van der Waals surface area contributed by atoms with Gasteiger partial charge in [-0.25, -0.2) is 18.6 Å². The Morgan fingerprint density at radius 3 is 1.53 bits per heavy atom. The summed E-state index contributed by atoms with van der Waals surface area (Å²) in [5.41, 5.74) is 0.794. The van der Waals surface area contributed by atoms with E-state index in [1.807, 2.05) is 4.90 Å². The first-order valence-electron chi connectivity index (χ1n) is 4.86. The summed E-state index contributed by atoms with van der Waals surface area (Å²) in [6.07, 6.45) is 4.52. The maximum absolute atomic E-state index is 8.49. The van der Waals surface area contributed by atoms with E-state index in [1.165, 1.54) is 43.3 Å². The molecule has 1 N–H and O–H groups in total. The number of halogens is 2. The van der Waals surface area contributed by atoms with Crippen LogP contribution in [0.1, 0.15) is 19.3 Å². The number of quaternary nitrogens is 1. The van der Waals surface area contributed by atoms with Crippen molar-refractivity contribution in [3.05, 3.63) is 0 Å². The van der Waals surface area contributed by atoms with Crippen LogP contribution in [-0.2, 0) is 0 Å². The number of rotatable bonds is 1. The molecule has 0 spiro atoms. The van der Waals surface area contributed by atoms with E-state index in [0.717, 1.165) is 5.41 Å². The summed E-state index contributed by atoms with van der Waals surface area (Å²) < 4.78 is 35.4. The molecule has 0 radical (unpaired) electrons. The highest BCUT2D eigenvalue weighted by Gasteiger charge is 2.40. The second kappa shape index (κ2) is 5.44. The highest BCUT2D eigenvalue weighted by molar-refractivity contribution is 14.1. The zero-order valence-corrected chi connectivity index (χ0v) is 11.3. The minimum atomic E-state index is -4.94. The number of hydrogen-bond acceptors (Lipinski definition) is 4. The fourth-order valence-corrected chi connectivity index (χ4v) is 3.42. The van der Waals surface area contributed by atoms with Gasteiger partial charge < -0.3 is 4.90 Å². The van der Waals surface area contributed by atoms with Gasteiger partial charge in [-0.05, 0) is 5.41 Å². The maximum Gasteiger partial charge on any atom is 0.0776 e. The Hall–Kier alpha value is 0.820. The van der Waals surface area contributed by atoms with Crippen molar-refractivity contribution in [2.45, 2.75) is 19.3 Å². The Morgan fingerprint density at radius 2 is 1.33 bits per heavy atom. The largest absolute Gasteiger partial charge is 0.335 e. The van der Waals surface area contributed by atoms with E-state index in [2.05, 4.69) is 22.6 Å². The van der Waals surface area contributed by atoms with E-state index in [0.29, 0.717) is 0 Å². The van der Waals surface area contributed by atoms with Crippen molar-refractivity contribution in [3.8, 4) is 0 Å².